The number of amides is 1. The van der Waals surface area contributed by atoms with Gasteiger partial charge >= 0.3 is 0 Å². The van der Waals surface area contributed by atoms with Crippen molar-refractivity contribution in [3.8, 4) is 5.75 Å². The standard InChI is InChI=1S/C23H23F2N7O3/c1-14(33)26-7-8-35-16-5-6-17-20(9-16)27-13-28-23(17)30-15-10-29-32(11-15)12-21(34)31-19-4-2-3-18(24)22(19)25/h2-6,9-11,13-14,26,33H,7-8,12H2,1H3,(H,31,34)(H,27,28,30). The second-order valence-electron chi connectivity index (χ2n) is 7.58. The van der Waals surface area contributed by atoms with Crippen LogP contribution in [-0.2, 0) is 11.3 Å². The topological polar surface area (TPSA) is 126 Å². The van der Waals surface area contributed by atoms with Gasteiger partial charge in [0.25, 0.3) is 0 Å². The van der Waals surface area contributed by atoms with E-state index < -0.39 is 23.8 Å². The van der Waals surface area contributed by atoms with Gasteiger partial charge in [0, 0.05) is 24.2 Å². The summed E-state index contributed by atoms with van der Waals surface area (Å²) < 4.78 is 34.1. The van der Waals surface area contributed by atoms with Crippen LogP contribution in [0.4, 0.5) is 26.0 Å². The molecule has 0 aliphatic heterocycles. The van der Waals surface area contributed by atoms with Gasteiger partial charge < -0.3 is 20.5 Å². The Labute approximate surface area is 199 Å². The Morgan fingerprint density at radius 2 is 2.09 bits per heavy atom. The summed E-state index contributed by atoms with van der Waals surface area (Å²) in [6.07, 6.45) is 3.90. The number of rotatable bonds is 10. The van der Waals surface area contributed by atoms with E-state index in [4.69, 9.17) is 4.74 Å². The average Bonchev–Trinajstić information content (AvgIpc) is 3.26. The Morgan fingerprint density at radius 1 is 1.23 bits per heavy atom. The first kappa shape index (κ1) is 24.0. The highest BCUT2D eigenvalue weighted by Gasteiger charge is 2.12. The van der Waals surface area contributed by atoms with E-state index in [1.54, 1.807) is 25.3 Å². The van der Waals surface area contributed by atoms with Crippen LogP contribution in [0.3, 0.4) is 0 Å². The van der Waals surface area contributed by atoms with Crippen molar-refractivity contribution in [1.29, 1.82) is 0 Å². The van der Waals surface area contributed by atoms with E-state index >= 15 is 0 Å². The van der Waals surface area contributed by atoms with Gasteiger partial charge in [0.15, 0.2) is 11.6 Å². The van der Waals surface area contributed by atoms with Crippen LogP contribution in [-0.4, -0.2) is 50.1 Å². The summed E-state index contributed by atoms with van der Waals surface area (Å²) in [6, 6.07) is 8.94. The van der Waals surface area contributed by atoms with Crippen LogP contribution in [0.2, 0.25) is 0 Å². The molecule has 0 fully saturated rings. The van der Waals surface area contributed by atoms with Gasteiger partial charge in [-0.25, -0.2) is 18.7 Å². The number of hydrogen-bond donors (Lipinski definition) is 4. The second kappa shape index (κ2) is 10.8. The molecule has 0 aliphatic carbocycles. The molecule has 4 N–H and O–H groups in total. The minimum atomic E-state index is -1.12. The van der Waals surface area contributed by atoms with Gasteiger partial charge in [-0.15, -0.1) is 0 Å². The van der Waals surface area contributed by atoms with Crippen molar-refractivity contribution < 1.29 is 23.4 Å². The molecule has 12 heteroatoms. The Hall–Kier alpha value is -4.16. The van der Waals surface area contributed by atoms with Gasteiger partial charge in [-0.1, -0.05) is 6.07 Å². The Bertz CT molecular complexity index is 1330. The lowest BCUT2D eigenvalue weighted by Gasteiger charge is -2.11. The van der Waals surface area contributed by atoms with Crippen LogP contribution in [0.5, 0.6) is 5.75 Å². The van der Waals surface area contributed by atoms with E-state index in [2.05, 4.69) is 31.0 Å². The molecule has 0 radical (unpaired) electrons. The van der Waals surface area contributed by atoms with Gasteiger partial charge in [0.05, 0.1) is 23.1 Å². The van der Waals surface area contributed by atoms with Gasteiger partial charge in [-0.05, 0) is 31.2 Å². The van der Waals surface area contributed by atoms with Gasteiger partial charge in [0.2, 0.25) is 5.91 Å². The summed E-state index contributed by atoms with van der Waals surface area (Å²) in [4.78, 5) is 20.8. The number of aliphatic hydroxyl groups is 1. The number of anilines is 3. The maximum Gasteiger partial charge on any atom is 0.246 e. The van der Waals surface area contributed by atoms with Gasteiger partial charge in [-0.2, -0.15) is 5.10 Å². The molecule has 35 heavy (non-hydrogen) atoms. The Kier molecular flexibility index (Phi) is 7.43. The minimum absolute atomic E-state index is 0.202. The Balaban J connectivity index is 1.39. The van der Waals surface area contributed by atoms with E-state index in [0.717, 1.165) is 11.5 Å². The molecule has 0 bridgehead atoms. The largest absolute Gasteiger partial charge is 0.492 e. The molecule has 1 unspecified atom stereocenters. The first-order valence-electron chi connectivity index (χ1n) is 10.7. The van der Waals surface area contributed by atoms with E-state index in [1.807, 2.05) is 6.07 Å². The SMILES string of the molecule is CC(O)NCCOc1ccc2c(Nc3cnn(CC(=O)Nc4cccc(F)c4F)c3)ncnc2c1. The molecule has 1 amide bonds. The molecule has 0 spiro atoms. The molecule has 4 aromatic rings. The number of nitrogens with one attached hydrogen (secondary N) is 3. The van der Waals surface area contributed by atoms with Crippen LogP contribution in [0.1, 0.15) is 6.92 Å². The molecule has 2 aromatic heterocycles. The summed E-state index contributed by atoms with van der Waals surface area (Å²) in [7, 11) is 0. The number of halogens is 2. The lowest BCUT2D eigenvalue weighted by atomic mass is 10.2. The van der Waals surface area contributed by atoms with Crippen molar-refractivity contribution in [1.82, 2.24) is 25.1 Å². The molecule has 10 nitrogen and oxygen atoms in total. The monoisotopic (exact) mass is 483 g/mol. The zero-order valence-corrected chi connectivity index (χ0v) is 18.7. The molecule has 2 aromatic carbocycles. The number of benzene rings is 2. The minimum Gasteiger partial charge on any atom is -0.492 e. The predicted octanol–water partition coefficient (Wildman–Crippen LogP) is 2.79. The van der Waals surface area contributed by atoms with Crippen molar-refractivity contribution in [2.45, 2.75) is 19.7 Å². The molecule has 2 heterocycles. The van der Waals surface area contributed by atoms with Crippen molar-refractivity contribution in [2.75, 3.05) is 23.8 Å². The lowest BCUT2D eigenvalue weighted by molar-refractivity contribution is -0.116. The number of aromatic nitrogens is 4. The number of fused-ring (bicyclic) bond motifs is 1. The number of hydrogen-bond acceptors (Lipinski definition) is 8. The van der Waals surface area contributed by atoms with Crippen molar-refractivity contribution >= 4 is 34.0 Å². The summed E-state index contributed by atoms with van der Waals surface area (Å²) in [5.74, 6) is -1.57. The summed E-state index contributed by atoms with van der Waals surface area (Å²) in [5.41, 5.74) is 0.988. The lowest BCUT2D eigenvalue weighted by Crippen LogP contribution is -2.29. The number of carbonyl (C=O) groups excluding carboxylic acids is 1. The predicted molar refractivity (Wildman–Crippen MR) is 125 cm³/mol. The summed E-state index contributed by atoms with van der Waals surface area (Å²) >= 11 is 0. The molecule has 0 saturated carbocycles. The fourth-order valence-electron chi connectivity index (χ4n) is 3.25. The van der Waals surface area contributed by atoms with Crippen LogP contribution >= 0.6 is 0 Å². The average molecular weight is 483 g/mol. The number of carbonyl (C=O) groups is 1. The highest BCUT2D eigenvalue weighted by atomic mass is 19.2. The van der Waals surface area contributed by atoms with Crippen molar-refractivity contribution in [2.24, 2.45) is 0 Å². The second-order valence-corrected chi connectivity index (χ2v) is 7.58. The maximum atomic E-state index is 13.8. The molecule has 0 aliphatic rings. The molecule has 4 rings (SSSR count). The number of nitrogens with zero attached hydrogens (tertiary/aromatic N) is 4. The van der Waals surface area contributed by atoms with E-state index in [9.17, 15) is 18.7 Å². The van der Waals surface area contributed by atoms with Crippen molar-refractivity contribution in [3.63, 3.8) is 0 Å². The molecular formula is C23H23F2N7O3. The van der Waals surface area contributed by atoms with Crippen LogP contribution in [0.25, 0.3) is 10.9 Å². The molecule has 0 saturated heterocycles. The summed E-state index contributed by atoms with van der Waals surface area (Å²) in [6.45, 7) is 2.30. The first-order chi connectivity index (χ1) is 16.9. The first-order valence-corrected chi connectivity index (χ1v) is 10.7. The fraction of sp³-hybridized carbons (Fsp3) is 0.217. The van der Waals surface area contributed by atoms with Crippen molar-refractivity contribution in [3.05, 3.63) is 66.8 Å². The smallest absolute Gasteiger partial charge is 0.246 e. The highest BCUT2D eigenvalue weighted by Crippen LogP contribution is 2.26. The van der Waals surface area contributed by atoms with Crippen LogP contribution < -0.4 is 20.7 Å². The third kappa shape index (κ3) is 6.25. The number of ether oxygens (including phenoxy) is 1. The normalized spacial score (nSPS) is 11.9. The molecule has 1 atom stereocenters. The third-order valence-corrected chi connectivity index (χ3v) is 4.85. The van der Waals surface area contributed by atoms with Crippen LogP contribution in [0, 0.1) is 11.6 Å². The molecular weight excluding hydrogens is 460 g/mol. The fourth-order valence-corrected chi connectivity index (χ4v) is 3.25. The van der Waals surface area contributed by atoms with E-state index in [1.165, 1.54) is 29.3 Å². The summed E-state index contributed by atoms with van der Waals surface area (Å²) in [5, 5.41) is 22.4. The quantitative estimate of drug-likeness (QED) is 0.200. The van der Waals surface area contributed by atoms with E-state index in [-0.39, 0.29) is 12.2 Å². The maximum absolute atomic E-state index is 13.8. The zero-order chi connectivity index (χ0) is 24.8. The third-order valence-electron chi connectivity index (χ3n) is 4.85. The van der Waals surface area contributed by atoms with Gasteiger partial charge in [0.1, 0.15) is 37.3 Å². The van der Waals surface area contributed by atoms with Crippen LogP contribution in [0.15, 0.2) is 55.1 Å². The molecule has 182 valence electrons. The van der Waals surface area contributed by atoms with Gasteiger partial charge in [-0.3, -0.25) is 14.8 Å². The highest BCUT2D eigenvalue weighted by molar-refractivity contribution is 5.92. The van der Waals surface area contributed by atoms with E-state index in [0.29, 0.717) is 35.9 Å². The zero-order valence-electron chi connectivity index (χ0n) is 18.7. The number of aliphatic hydroxyl groups excluding tert-OH is 1. The Morgan fingerprint density at radius 3 is 2.91 bits per heavy atom.